The maximum absolute atomic E-state index is 13.6. The summed E-state index contributed by atoms with van der Waals surface area (Å²) in [5.41, 5.74) is 3.35. The van der Waals surface area contributed by atoms with Gasteiger partial charge in [-0.15, -0.1) is 0 Å². The van der Waals surface area contributed by atoms with E-state index in [2.05, 4.69) is 4.98 Å². The third-order valence-electron chi connectivity index (χ3n) is 5.58. The molecule has 28 heavy (non-hydrogen) atoms. The second kappa shape index (κ2) is 6.08. The lowest BCUT2D eigenvalue weighted by Gasteiger charge is -2.23. The van der Waals surface area contributed by atoms with Crippen LogP contribution in [0.1, 0.15) is 22.3 Å². The van der Waals surface area contributed by atoms with Crippen LogP contribution in [0.25, 0.3) is 10.9 Å². The van der Waals surface area contributed by atoms with E-state index >= 15 is 0 Å². The van der Waals surface area contributed by atoms with Crippen LogP contribution in [0.5, 0.6) is 0 Å². The van der Waals surface area contributed by atoms with Crippen molar-refractivity contribution in [2.75, 3.05) is 4.90 Å². The number of rotatable bonds is 3. The molecule has 4 aromatic rings. The molecule has 5 rings (SSSR count). The van der Waals surface area contributed by atoms with Crippen molar-refractivity contribution in [2.45, 2.75) is 19.1 Å². The first-order valence-corrected chi connectivity index (χ1v) is 9.35. The van der Waals surface area contributed by atoms with Crippen LogP contribution >= 0.6 is 0 Å². The Balaban J connectivity index is 1.65. The zero-order valence-corrected chi connectivity index (χ0v) is 15.5. The molecule has 0 fully saturated rings. The molecule has 4 nitrogen and oxygen atoms in total. The number of aliphatic hydroxyl groups is 1. The van der Waals surface area contributed by atoms with Gasteiger partial charge >= 0.3 is 0 Å². The molecule has 0 aliphatic carbocycles. The van der Waals surface area contributed by atoms with Crippen LogP contribution in [0.2, 0.25) is 0 Å². The number of carbonyl (C=O) groups is 1. The highest BCUT2D eigenvalue weighted by Crippen LogP contribution is 2.46. The summed E-state index contributed by atoms with van der Waals surface area (Å²) in [6, 6.07) is 23.3. The first-order chi connectivity index (χ1) is 13.6. The van der Waals surface area contributed by atoms with Crippen LogP contribution < -0.4 is 4.90 Å². The summed E-state index contributed by atoms with van der Waals surface area (Å²) in [5.74, 6) is -0.320. The first kappa shape index (κ1) is 16.8. The van der Waals surface area contributed by atoms with Crippen LogP contribution in [-0.2, 0) is 16.9 Å². The molecule has 1 aromatic heterocycles. The largest absolute Gasteiger partial charge is 0.372 e. The molecule has 1 amide bonds. The van der Waals surface area contributed by atoms with E-state index < -0.39 is 5.60 Å². The van der Waals surface area contributed by atoms with E-state index in [0.29, 0.717) is 17.7 Å². The molecule has 0 bridgehead atoms. The Morgan fingerprint density at radius 2 is 1.64 bits per heavy atom. The van der Waals surface area contributed by atoms with Gasteiger partial charge in [0.1, 0.15) is 0 Å². The molecule has 0 saturated heterocycles. The van der Waals surface area contributed by atoms with Gasteiger partial charge in [-0.05, 0) is 24.6 Å². The molecule has 0 radical (unpaired) electrons. The lowest BCUT2D eigenvalue weighted by Crippen LogP contribution is -2.40. The first-order valence-electron chi connectivity index (χ1n) is 9.35. The summed E-state index contributed by atoms with van der Waals surface area (Å²) >= 11 is 0. The van der Waals surface area contributed by atoms with Crippen LogP contribution in [-0.4, -0.2) is 16.0 Å². The Kier molecular flexibility index (Phi) is 3.64. The molecule has 0 spiro atoms. The molecule has 1 atom stereocenters. The quantitative estimate of drug-likeness (QED) is 0.568. The minimum atomic E-state index is -1.71. The van der Waals surface area contributed by atoms with Crippen molar-refractivity contribution in [1.82, 2.24) is 4.98 Å². The van der Waals surface area contributed by atoms with E-state index in [0.717, 1.165) is 22.2 Å². The van der Waals surface area contributed by atoms with Gasteiger partial charge in [0.15, 0.2) is 5.60 Å². The third kappa shape index (κ3) is 2.31. The molecule has 138 valence electrons. The number of amides is 1. The van der Waals surface area contributed by atoms with Gasteiger partial charge in [-0.2, -0.15) is 0 Å². The Bertz CT molecular complexity index is 1190. The lowest BCUT2D eigenvalue weighted by atomic mass is 9.87. The highest BCUT2D eigenvalue weighted by atomic mass is 16.3. The zero-order valence-electron chi connectivity index (χ0n) is 15.5. The molecule has 1 aliphatic rings. The van der Waals surface area contributed by atoms with E-state index in [-0.39, 0.29) is 5.91 Å². The second-order valence-corrected chi connectivity index (χ2v) is 7.35. The van der Waals surface area contributed by atoms with Gasteiger partial charge in [0, 0.05) is 28.2 Å². The minimum Gasteiger partial charge on any atom is -0.372 e. The van der Waals surface area contributed by atoms with Gasteiger partial charge in [-0.25, -0.2) is 0 Å². The molecular formula is C24H20N2O2. The molecule has 0 saturated carbocycles. The number of fused-ring (bicyclic) bond motifs is 2. The Labute approximate surface area is 163 Å². The zero-order chi connectivity index (χ0) is 19.3. The standard InChI is InChI=1S/C24H20N2O2/c1-16-10-12-17(13-11-16)15-26-22-9-5-3-7-19(22)24(28,23(26)27)20-14-25-21-8-4-2-6-18(20)21/h2-14,25,28H,15H2,1H3/t24-/m0/s1. The van der Waals surface area contributed by atoms with Gasteiger partial charge in [0.05, 0.1) is 12.2 Å². The molecule has 1 aliphatic heterocycles. The Hall–Kier alpha value is -3.37. The third-order valence-corrected chi connectivity index (χ3v) is 5.58. The fourth-order valence-corrected chi connectivity index (χ4v) is 4.10. The van der Waals surface area contributed by atoms with E-state index in [1.807, 2.05) is 79.7 Å². The van der Waals surface area contributed by atoms with Crippen molar-refractivity contribution in [3.63, 3.8) is 0 Å². The number of H-pyrrole nitrogens is 1. The van der Waals surface area contributed by atoms with Gasteiger partial charge in [0.2, 0.25) is 0 Å². The Morgan fingerprint density at radius 1 is 0.929 bits per heavy atom. The summed E-state index contributed by atoms with van der Waals surface area (Å²) < 4.78 is 0. The SMILES string of the molecule is Cc1ccc(CN2C(=O)[C@@](O)(c3c[nH]c4ccccc34)c3ccccc32)cc1. The molecule has 0 unspecified atom stereocenters. The van der Waals surface area contributed by atoms with Crippen LogP contribution in [0.3, 0.4) is 0 Å². The maximum atomic E-state index is 13.6. The summed E-state index contributed by atoms with van der Waals surface area (Å²) in [6.07, 6.45) is 1.74. The van der Waals surface area contributed by atoms with Crippen molar-refractivity contribution < 1.29 is 9.90 Å². The molecule has 3 aromatic carbocycles. The number of carbonyl (C=O) groups excluding carboxylic acids is 1. The number of hydrogen-bond donors (Lipinski definition) is 2. The lowest BCUT2D eigenvalue weighted by molar-refractivity contribution is -0.132. The van der Waals surface area contributed by atoms with Gasteiger partial charge < -0.3 is 15.0 Å². The van der Waals surface area contributed by atoms with Crippen LogP contribution in [0.4, 0.5) is 5.69 Å². The van der Waals surface area contributed by atoms with Crippen molar-refractivity contribution in [3.8, 4) is 0 Å². The molecular weight excluding hydrogens is 348 g/mol. The smallest absolute Gasteiger partial charge is 0.268 e. The van der Waals surface area contributed by atoms with Crippen molar-refractivity contribution in [2.24, 2.45) is 0 Å². The minimum absolute atomic E-state index is 0.320. The fraction of sp³-hybridized carbons (Fsp3) is 0.125. The van der Waals surface area contributed by atoms with Crippen molar-refractivity contribution >= 4 is 22.5 Å². The number of aromatic amines is 1. The van der Waals surface area contributed by atoms with Gasteiger partial charge in [-0.1, -0.05) is 66.2 Å². The fourth-order valence-electron chi connectivity index (χ4n) is 4.10. The summed E-state index contributed by atoms with van der Waals surface area (Å²) in [5, 5.41) is 12.6. The molecule has 2 heterocycles. The number of aromatic nitrogens is 1. The topological polar surface area (TPSA) is 56.3 Å². The van der Waals surface area contributed by atoms with Gasteiger partial charge in [-0.3, -0.25) is 4.79 Å². The normalized spacial score (nSPS) is 18.6. The van der Waals surface area contributed by atoms with Crippen LogP contribution in [0.15, 0.2) is 79.0 Å². The Morgan fingerprint density at radius 3 is 2.46 bits per heavy atom. The number of nitrogens with zero attached hydrogens (tertiary/aromatic N) is 1. The highest BCUT2D eigenvalue weighted by molar-refractivity contribution is 6.11. The number of para-hydroxylation sites is 2. The monoisotopic (exact) mass is 368 g/mol. The van der Waals surface area contributed by atoms with E-state index in [1.165, 1.54) is 5.56 Å². The molecule has 4 heteroatoms. The van der Waals surface area contributed by atoms with Crippen molar-refractivity contribution in [3.05, 3.63) is 101 Å². The molecule has 2 N–H and O–H groups in total. The van der Waals surface area contributed by atoms with E-state index in [9.17, 15) is 9.90 Å². The van der Waals surface area contributed by atoms with Crippen molar-refractivity contribution in [1.29, 1.82) is 0 Å². The van der Waals surface area contributed by atoms with Crippen LogP contribution in [0, 0.1) is 6.92 Å². The average molecular weight is 368 g/mol. The number of aryl methyl sites for hydroxylation is 1. The highest BCUT2D eigenvalue weighted by Gasteiger charge is 2.51. The number of benzene rings is 3. The van der Waals surface area contributed by atoms with E-state index in [4.69, 9.17) is 0 Å². The average Bonchev–Trinajstić information content (AvgIpc) is 3.24. The second-order valence-electron chi connectivity index (χ2n) is 7.35. The number of anilines is 1. The predicted octanol–water partition coefficient (Wildman–Crippen LogP) is 4.26. The summed E-state index contributed by atoms with van der Waals surface area (Å²) in [4.78, 5) is 18.4. The summed E-state index contributed by atoms with van der Waals surface area (Å²) in [6.45, 7) is 2.46. The van der Waals surface area contributed by atoms with Gasteiger partial charge in [0.25, 0.3) is 5.91 Å². The van der Waals surface area contributed by atoms with E-state index in [1.54, 1.807) is 11.1 Å². The summed E-state index contributed by atoms with van der Waals surface area (Å²) in [7, 11) is 0. The number of nitrogens with one attached hydrogen (secondary N) is 1. The maximum Gasteiger partial charge on any atom is 0.268 e. The predicted molar refractivity (Wildman–Crippen MR) is 110 cm³/mol. The number of hydrogen-bond acceptors (Lipinski definition) is 2.